The lowest BCUT2D eigenvalue weighted by atomic mass is 10.2. The zero-order valence-corrected chi connectivity index (χ0v) is 15.8. The topological polar surface area (TPSA) is 60.9 Å². The summed E-state index contributed by atoms with van der Waals surface area (Å²) in [6, 6.07) is 16.1. The Morgan fingerprint density at radius 1 is 1.15 bits per heavy atom. The Labute approximate surface area is 159 Å². The van der Waals surface area contributed by atoms with Crippen LogP contribution in [-0.4, -0.2) is 15.5 Å². The van der Waals surface area contributed by atoms with E-state index in [4.69, 9.17) is 10.7 Å². The first kappa shape index (κ1) is 16.8. The van der Waals surface area contributed by atoms with Crippen molar-refractivity contribution in [2.75, 3.05) is 0 Å². The maximum atomic E-state index is 11.9. The molecule has 4 rings (SSSR count). The van der Waals surface area contributed by atoms with Crippen molar-refractivity contribution in [3.8, 4) is 21.3 Å². The van der Waals surface area contributed by atoms with Gasteiger partial charge in [0.15, 0.2) is 0 Å². The Morgan fingerprint density at radius 2 is 1.96 bits per heavy atom. The van der Waals surface area contributed by atoms with Gasteiger partial charge in [0.2, 0.25) is 0 Å². The minimum atomic E-state index is -0.413. The first-order chi connectivity index (χ1) is 12.6. The molecule has 0 bridgehead atoms. The number of amides is 1. The van der Waals surface area contributed by atoms with Gasteiger partial charge in [0.05, 0.1) is 21.8 Å². The molecule has 0 radical (unpaired) electrons. The second-order valence-corrected chi connectivity index (χ2v) is 7.79. The highest BCUT2D eigenvalue weighted by Crippen LogP contribution is 2.33. The molecular weight excluding hydrogens is 362 g/mol. The second-order valence-electron chi connectivity index (χ2n) is 5.98. The van der Waals surface area contributed by atoms with Crippen molar-refractivity contribution in [2.24, 2.45) is 5.73 Å². The Kier molecular flexibility index (Phi) is 4.44. The monoisotopic (exact) mass is 379 g/mol. The molecule has 0 atom stereocenters. The molecule has 0 aliphatic heterocycles. The summed E-state index contributed by atoms with van der Waals surface area (Å²) in [5.74, 6) is -0.413. The van der Waals surface area contributed by atoms with Crippen LogP contribution in [0.3, 0.4) is 0 Å². The fourth-order valence-corrected chi connectivity index (χ4v) is 4.61. The summed E-state index contributed by atoms with van der Waals surface area (Å²) in [4.78, 5) is 17.8. The van der Waals surface area contributed by atoms with Gasteiger partial charge in [-0.1, -0.05) is 36.4 Å². The summed E-state index contributed by atoms with van der Waals surface area (Å²) in [5.41, 5.74) is 9.93. The quantitative estimate of drug-likeness (QED) is 0.542. The van der Waals surface area contributed by atoms with E-state index in [-0.39, 0.29) is 0 Å². The average molecular weight is 380 g/mol. The van der Waals surface area contributed by atoms with Gasteiger partial charge in [-0.25, -0.2) is 4.98 Å². The molecule has 1 aromatic carbocycles. The summed E-state index contributed by atoms with van der Waals surface area (Å²) >= 11 is 3.28. The van der Waals surface area contributed by atoms with E-state index < -0.39 is 5.91 Å². The third-order valence-electron chi connectivity index (χ3n) is 4.31. The molecule has 0 saturated carbocycles. The molecule has 1 amide bonds. The van der Waals surface area contributed by atoms with Crippen molar-refractivity contribution in [3.05, 3.63) is 76.1 Å². The molecule has 4 aromatic rings. The zero-order valence-electron chi connectivity index (χ0n) is 14.2. The number of nitrogens with zero attached hydrogens (tertiary/aromatic N) is 2. The first-order valence-corrected chi connectivity index (χ1v) is 9.93. The van der Waals surface area contributed by atoms with Crippen LogP contribution in [0.2, 0.25) is 0 Å². The number of hydrogen-bond acceptors (Lipinski definition) is 4. The van der Waals surface area contributed by atoms with E-state index in [1.807, 2.05) is 48.0 Å². The maximum Gasteiger partial charge on any atom is 0.250 e. The second kappa shape index (κ2) is 6.90. The third kappa shape index (κ3) is 3.09. The maximum absolute atomic E-state index is 11.9. The molecule has 4 nitrogen and oxygen atoms in total. The Bertz CT molecular complexity index is 1050. The smallest absolute Gasteiger partial charge is 0.250 e. The highest BCUT2D eigenvalue weighted by molar-refractivity contribution is 7.20. The number of carbonyl (C=O) groups excluding carboxylic acids is 1. The molecule has 0 spiro atoms. The van der Waals surface area contributed by atoms with Crippen molar-refractivity contribution in [1.82, 2.24) is 9.55 Å². The van der Waals surface area contributed by atoms with Crippen LogP contribution in [0.1, 0.15) is 21.6 Å². The number of thiophene rings is 1. The molecule has 6 heteroatoms. The molecule has 0 unspecified atom stereocenters. The van der Waals surface area contributed by atoms with Gasteiger partial charge in [-0.2, -0.15) is 0 Å². The van der Waals surface area contributed by atoms with Gasteiger partial charge in [0.1, 0.15) is 5.01 Å². The van der Waals surface area contributed by atoms with Crippen molar-refractivity contribution < 1.29 is 4.79 Å². The predicted molar refractivity (Wildman–Crippen MR) is 108 cm³/mol. The first-order valence-electron chi connectivity index (χ1n) is 8.17. The Balaban J connectivity index is 1.80. The van der Waals surface area contributed by atoms with E-state index in [0.29, 0.717) is 12.1 Å². The van der Waals surface area contributed by atoms with Crippen LogP contribution in [0.25, 0.3) is 21.3 Å². The van der Waals surface area contributed by atoms with Crippen molar-refractivity contribution >= 4 is 28.6 Å². The summed E-state index contributed by atoms with van der Waals surface area (Å²) in [6.45, 7) is 2.60. The Morgan fingerprint density at radius 3 is 2.65 bits per heavy atom. The molecule has 0 fully saturated rings. The van der Waals surface area contributed by atoms with Gasteiger partial charge in [-0.3, -0.25) is 4.79 Å². The minimum Gasteiger partial charge on any atom is -0.366 e. The van der Waals surface area contributed by atoms with E-state index in [9.17, 15) is 4.79 Å². The number of nitrogens with two attached hydrogens (primary N) is 1. The number of primary amides is 1. The van der Waals surface area contributed by atoms with Crippen LogP contribution in [-0.2, 0) is 6.54 Å². The summed E-state index contributed by atoms with van der Waals surface area (Å²) < 4.78 is 2.11. The molecule has 0 aliphatic carbocycles. The standard InChI is InChI=1S/C20H17N3OS2/c1-13-15(19(21)24)10-17(23(13)11-14-6-3-2-4-7-14)16-12-26-20(22-16)18-8-5-9-25-18/h2-10,12H,11H2,1H3,(H2,21,24). The van der Waals surface area contributed by atoms with Gasteiger partial charge in [-0.05, 0) is 30.0 Å². The van der Waals surface area contributed by atoms with Gasteiger partial charge in [0.25, 0.3) is 5.91 Å². The van der Waals surface area contributed by atoms with Crippen LogP contribution < -0.4 is 5.73 Å². The number of rotatable bonds is 5. The molecule has 26 heavy (non-hydrogen) atoms. The SMILES string of the molecule is Cc1c(C(N)=O)cc(-c2csc(-c3cccs3)n2)n1Cc1ccccc1. The van der Waals surface area contributed by atoms with Gasteiger partial charge in [0, 0.05) is 17.6 Å². The lowest BCUT2D eigenvalue weighted by molar-refractivity contribution is 0.0999. The van der Waals surface area contributed by atoms with Crippen molar-refractivity contribution in [3.63, 3.8) is 0 Å². The van der Waals surface area contributed by atoms with Gasteiger partial charge >= 0.3 is 0 Å². The van der Waals surface area contributed by atoms with Crippen LogP contribution in [0.4, 0.5) is 0 Å². The van der Waals surface area contributed by atoms with Crippen molar-refractivity contribution in [1.29, 1.82) is 0 Å². The fourth-order valence-electron chi connectivity index (χ4n) is 2.98. The van der Waals surface area contributed by atoms with Gasteiger partial charge < -0.3 is 10.3 Å². The molecule has 2 N–H and O–H groups in total. The molecule has 0 aliphatic rings. The minimum absolute atomic E-state index is 0.413. The highest BCUT2D eigenvalue weighted by atomic mass is 32.1. The number of carbonyl (C=O) groups is 1. The molecular formula is C20H17N3OS2. The number of benzene rings is 1. The zero-order chi connectivity index (χ0) is 18.1. The number of thiazole rings is 1. The van der Waals surface area contributed by atoms with Crippen LogP contribution in [0.5, 0.6) is 0 Å². The normalized spacial score (nSPS) is 11.0. The lowest BCUT2D eigenvalue weighted by Gasteiger charge is -2.11. The fraction of sp³-hybridized carbons (Fsp3) is 0.100. The van der Waals surface area contributed by atoms with E-state index in [1.54, 1.807) is 22.7 Å². The van der Waals surface area contributed by atoms with Gasteiger partial charge in [-0.15, -0.1) is 22.7 Å². The summed E-state index contributed by atoms with van der Waals surface area (Å²) in [5, 5.41) is 5.07. The lowest BCUT2D eigenvalue weighted by Crippen LogP contribution is -2.12. The van der Waals surface area contributed by atoms with E-state index >= 15 is 0 Å². The van der Waals surface area contributed by atoms with Crippen molar-refractivity contribution in [2.45, 2.75) is 13.5 Å². The van der Waals surface area contributed by atoms with E-state index in [2.05, 4.69) is 22.8 Å². The highest BCUT2D eigenvalue weighted by Gasteiger charge is 2.19. The Hall–Kier alpha value is -2.70. The van der Waals surface area contributed by atoms with Crippen LogP contribution in [0, 0.1) is 6.92 Å². The summed E-state index contributed by atoms with van der Waals surface area (Å²) in [6.07, 6.45) is 0. The van der Waals surface area contributed by atoms with E-state index in [0.717, 1.165) is 32.5 Å². The number of hydrogen-bond donors (Lipinski definition) is 1. The molecule has 0 saturated heterocycles. The third-order valence-corrected chi connectivity index (χ3v) is 6.20. The summed E-state index contributed by atoms with van der Waals surface area (Å²) in [7, 11) is 0. The largest absolute Gasteiger partial charge is 0.366 e. The predicted octanol–water partition coefficient (Wildman–Crippen LogP) is 4.80. The number of aromatic nitrogens is 2. The van der Waals surface area contributed by atoms with E-state index in [1.165, 1.54) is 0 Å². The molecule has 3 heterocycles. The molecule has 3 aromatic heterocycles. The van der Waals surface area contributed by atoms with Crippen LogP contribution >= 0.6 is 22.7 Å². The molecule has 130 valence electrons. The van der Waals surface area contributed by atoms with Crippen LogP contribution in [0.15, 0.2) is 59.3 Å². The average Bonchev–Trinajstić information content (AvgIpc) is 3.36.